The molecule has 1 saturated heterocycles. The zero-order valence-corrected chi connectivity index (χ0v) is 8.25. The molecule has 0 radical (unpaired) electrons. The number of carbonyl (C=O) groups is 2. The van der Waals surface area contributed by atoms with E-state index < -0.39 is 11.6 Å². The van der Waals surface area contributed by atoms with Crippen molar-refractivity contribution < 1.29 is 19.1 Å². The molecule has 0 bridgehead atoms. The lowest BCUT2D eigenvalue weighted by Gasteiger charge is -2.34. The number of hydrogen-bond acceptors (Lipinski definition) is 4. The summed E-state index contributed by atoms with van der Waals surface area (Å²) in [6, 6.07) is 0. The average molecular weight is 198 g/mol. The van der Waals surface area contributed by atoms with Gasteiger partial charge in [-0.3, -0.25) is 4.79 Å². The molecule has 14 heavy (non-hydrogen) atoms. The Labute approximate surface area is 82.9 Å². The molecule has 1 fully saturated rings. The molecule has 78 valence electrons. The summed E-state index contributed by atoms with van der Waals surface area (Å²) in [5.41, 5.74) is -0.640. The summed E-state index contributed by atoms with van der Waals surface area (Å²) in [6.45, 7) is 5.38. The molecule has 4 nitrogen and oxygen atoms in total. The molecule has 1 heterocycles. The third-order valence-corrected chi connectivity index (χ3v) is 2.41. The fraction of sp³-hybridized carbons (Fsp3) is 0.600. The summed E-state index contributed by atoms with van der Waals surface area (Å²) in [7, 11) is 0. The molecular formula is C10H14O4. The summed E-state index contributed by atoms with van der Waals surface area (Å²) in [5, 5.41) is 0. The molecule has 1 atom stereocenters. The highest BCUT2D eigenvalue weighted by atomic mass is 16.6. The second-order valence-corrected chi connectivity index (χ2v) is 3.32. The first-order valence-electron chi connectivity index (χ1n) is 4.63. The molecule has 1 rings (SSSR count). The van der Waals surface area contributed by atoms with E-state index in [1.54, 1.807) is 0 Å². The fourth-order valence-corrected chi connectivity index (χ4v) is 1.37. The highest BCUT2D eigenvalue weighted by Crippen LogP contribution is 2.27. The van der Waals surface area contributed by atoms with Gasteiger partial charge in [0.25, 0.3) is 0 Å². The van der Waals surface area contributed by atoms with Gasteiger partial charge in [0.2, 0.25) is 0 Å². The Kier molecular flexibility index (Phi) is 3.28. The summed E-state index contributed by atoms with van der Waals surface area (Å²) < 4.78 is 10.1. The topological polar surface area (TPSA) is 52.6 Å². The van der Waals surface area contributed by atoms with Crippen LogP contribution in [-0.4, -0.2) is 24.1 Å². The Morgan fingerprint density at radius 2 is 2.50 bits per heavy atom. The van der Waals surface area contributed by atoms with Gasteiger partial charge in [-0.15, -0.1) is 0 Å². The lowest BCUT2D eigenvalue weighted by atomic mass is 9.93. The van der Waals surface area contributed by atoms with Crippen LogP contribution in [0.15, 0.2) is 12.7 Å². The van der Waals surface area contributed by atoms with Crippen molar-refractivity contribution >= 4 is 11.9 Å². The maximum atomic E-state index is 11.0. The van der Waals surface area contributed by atoms with Crippen LogP contribution >= 0.6 is 0 Å². The number of ether oxygens (including phenoxy) is 2. The normalized spacial score (nSPS) is 26.5. The van der Waals surface area contributed by atoms with Gasteiger partial charge >= 0.3 is 11.9 Å². The van der Waals surface area contributed by atoms with E-state index in [0.717, 1.165) is 6.08 Å². The van der Waals surface area contributed by atoms with Crippen molar-refractivity contribution in [1.82, 2.24) is 0 Å². The first-order valence-corrected chi connectivity index (χ1v) is 4.63. The van der Waals surface area contributed by atoms with Crippen LogP contribution in [-0.2, 0) is 19.1 Å². The van der Waals surface area contributed by atoms with Gasteiger partial charge in [0, 0.05) is 18.9 Å². The van der Waals surface area contributed by atoms with Crippen LogP contribution in [0.3, 0.4) is 0 Å². The number of esters is 2. The molecular weight excluding hydrogens is 184 g/mol. The van der Waals surface area contributed by atoms with Crippen LogP contribution in [0.25, 0.3) is 0 Å². The Morgan fingerprint density at radius 1 is 1.79 bits per heavy atom. The minimum absolute atomic E-state index is 0.155. The summed E-state index contributed by atoms with van der Waals surface area (Å²) >= 11 is 0. The van der Waals surface area contributed by atoms with E-state index in [1.165, 1.54) is 0 Å². The fourth-order valence-electron chi connectivity index (χ4n) is 1.37. The minimum Gasteiger partial charge on any atom is -0.461 e. The molecule has 0 saturated carbocycles. The van der Waals surface area contributed by atoms with Gasteiger partial charge in [-0.2, -0.15) is 0 Å². The van der Waals surface area contributed by atoms with E-state index in [9.17, 15) is 9.59 Å². The van der Waals surface area contributed by atoms with E-state index >= 15 is 0 Å². The standard InChI is InChI=1S/C10H14O4/c1-3-8(11)14-10(4-2)6-5-9(12)13-7-10/h3H,1,4-7H2,2H3. The molecule has 0 aromatic rings. The Bertz CT molecular complexity index is 247. The highest BCUT2D eigenvalue weighted by molar-refractivity contribution is 5.81. The first kappa shape index (κ1) is 10.8. The van der Waals surface area contributed by atoms with Crippen molar-refractivity contribution in [1.29, 1.82) is 0 Å². The Hall–Kier alpha value is -1.32. The maximum absolute atomic E-state index is 11.0. The number of rotatable bonds is 3. The van der Waals surface area contributed by atoms with Crippen molar-refractivity contribution in [2.24, 2.45) is 0 Å². The van der Waals surface area contributed by atoms with Crippen LogP contribution < -0.4 is 0 Å². The molecule has 0 aromatic carbocycles. The number of carbonyl (C=O) groups excluding carboxylic acids is 2. The average Bonchev–Trinajstić information content (AvgIpc) is 2.22. The zero-order valence-electron chi connectivity index (χ0n) is 8.25. The molecule has 0 aliphatic carbocycles. The van der Waals surface area contributed by atoms with Crippen LogP contribution in [0.1, 0.15) is 26.2 Å². The van der Waals surface area contributed by atoms with Gasteiger partial charge in [0.1, 0.15) is 12.2 Å². The lowest BCUT2D eigenvalue weighted by Crippen LogP contribution is -2.43. The van der Waals surface area contributed by atoms with Crippen molar-refractivity contribution in [3.63, 3.8) is 0 Å². The van der Waals surface area contributed by atoms with Gasteiger partial charge in [-0.05, 0) is 6.42 Å². The minimum atomic E-state index is -0.640. The van der Waals surface area contributed by atoms with Gasteiger partial charge in [0.15, 0.2) is 0 Å². The Balaban J connectivity index is 2.62. The summed E-state index contributed by atoms with van der Waals surface area (Å²) in [4.78, 5) is 21.9. The SMILES string of the molecule is C=CC(=O)OC1(CC)CCC(=O)OC1. The van der Waals surface area contributed by atoms with Gasteiger partial charge in [0.05, 0.1) is 0 Å². The quantitative estimate of drug-likeness (QED) is 0.505. The summed E-state index contributed by atoms with van der Waals surface area (Å²) in [6.07, 6.45) is 2.59. The molecule has 0 aromatic heterocycles. The van der Waals surface area contributed by atoms with Crippen molar-refractivity contribution in [2.75, 3.05) is 6.61 Å². The largest absolute Gasteiger partial charge is 0.461 e. The lowest BCUT2D eigenvalue weighted by molar-refractivity contribution is -0.180. The van der Waals surface area contributed by atoms with Gasteiger partial charge in [-0.25, -0.2) is 4.79 Å². The number of hydrogen-bond donors (Lipinski definition) is 0. The molecule has 0 N–H and O–H groups in total. The first-order chi connectivity index (χ1) is 6.62. The van der Waals surface area contributed by atoms with Crippen LogP contribution in [0.2, 0.25) is 0 Å². The molecule has 0 amide bonds. The van der Waals surface area contributed by atoms with E-state index in [-0.39, 0.29) is 12.6 Å². The van der Waals surface area contributed by atoms with E-state index in [2.05, 4.69) is 6.58 Å². The zero-order chi connectivity index (χ0) is 10.6. The predicted molar refractivity (Wildman–Crippen MR) is 49.5 cm³/mol. The van der Waals surface area contributed by atoms with Gasteiger partial charge in [-0.1, -0.05) is 13.5 Å². The highest BCUT2D eigenvalue weighted by Gasteiger charge is 2.37. The Morgan fingerprint density at radius 3 is 2.93 bits per heavy atom. The third-order valence-electron chi connectivity index (χ3n) is 2.41. The monoisotopic (exact) mass is 198 g/mol. The van der Waals surface area contributed by atoms with Crippen molar-refractivity contribution in [3.05, 3.63) is 12.7 Å². The van der Waals surface area contributed by atoms with Crippen LogP contribution in [0.4, 0.5) is 0 Å². The molecule has 0 spiro atoms. The predicted octanol–water partition coefficient (Wildman–Crippen LogP) is 1.20. The van der Waals surface area contributed by atoms with E-state index in [0.29, 0.717) is 19.3 Å². The van der Waals surface area contributed by atoms with Crippen molar-refractivity contribution in [3.8, 4) is 0 Å². The van der Waals surface area contributed by atoms with E-state index in [1.807, 2.05) is 6.92 Å². The third kappa shape index (κ3) is 2.34. The van der Waals surface area contributed by atoms with Gasteiger partial charge < -0.3 is 9.47 Å². The van der Waals surface area contributed by atoms with Crippen LogP contribution in [0.5, 0.6) is 0 Å². The van der Waals surface area contributed by atoms with Crippen LogP contribution in [0, 0.1) is 0 Å². The molecule has 1 aliphatic heterocycles. The van der Waals surface area contributed by atoms with Crippen molar-refractivity contribution in [2.45, 2.75) is 31.8 Å². The number of cyclic esters (lactones) is 1. The van der Waals surface area contributed by atoms with E-state index in [4.69, 9.17) is 9.47 Å². The second kappa shape index (κ2) is 4.26. The maximum Gasteiger partial charge on any atom is 0.330 e. The second-order valence-electron chi connectivity index (χ2n) is 3.32. The molecule has 1 unspecified atom stereocenters. The molecule has 1 aliphatic rings. The smallest absolute Gasteiger partial charge is 0.330 e. The summed E-state index contributed by atoms with van der Waals surface area (Å²) in [5.74, 6) is -0.700. The molecule has 4 heteroatoms.